The van der Waals surface area contributed by atoms with E-state index in [2.05, 4.69) is 4.72 Å². The van der Waals surface area contributed by atoms with E-state index in [1.54, 1.807) is 6.07 Å². The normalized spacial score (nSPS) is 11.5. The highest BCUT2D eigenvalue weighted by Crippen LogP contribution is 2.36. The Bertz CT molecular complexity index is 1100. The van der Waals surface area contributed by atoms with E-state index in [9.17, 15) is 8.42 Å². The zero-order valence-corrected chi connectivity index (χ0v) is 18.6. The van der Waals surface area contributed by atoms with Gasteiger partial charge in [-0.05, 0) is 86.3 Å². The zero-order chi connectivity index (χ0) is 20.5. The van der Waals surface area contributed by atoms with Crippen molar-refractivity contribution in [3.63, 3.8) is 0 Å². The van der Waals surface area contributed by atoms with Crippen LogP contribution in [0.3, 0.4) is 0 Å². The topological polar surface area (TPSA) is 46.2 Å². The lowest BCUT2D eigenvalue weighted by atomic mass is 10.0. The summed E-state index contributed by atoms with van der Waals surface area (Å²) in [5.74, 6) is 0. The molecule has 3 rings (SSSR count). The highest BCUT2D eigenvalue weighted by molar-refractivity contribution is 7.99. The predicted molar refractivity (Wildman–Crippen MR) is 118 cm³/mol. The number of nitrogens with one attached hydrogen (secondary N) is 1. The molecule has 0 spiro atoms. The van der Waals surface area contributed by atoms with Crippen LogP contribution in [0.15, 0.2) is 69.3 Å². The second-order valence-electron chi connectivity index (χ2n) is 6.75. The van der Waals surface area contributed by atoms with E-state index >= 15 is 0 Å². The molecule has 0 unspecified atom stereocenters. The van der Waals surface area contributed by atoms with Gasteiger partial charge in [0.2, 0.25) is 0 Å². The van der Waals surface area contributed by atoms with Gasteiger partial charge in [0.25, 0.3) is 10.0 Å². The Labute approximate surface area is 176 Å². The summed E-state index contributed by atoms with van der Waals surface area (Å²) in [6, 6.07) is 16.9. The van der Waals surface area contributed by atoms with Crippen LogP contribution < -0.4 is 4.72 Å². The monoisotopic (exact) mass is 431 g/mol. The lowest BCUT2D eigenvalue weighted by Gasteiger charge is -2.18. The smallest absolute Gasteiger partial charge is 0.262 e. The molecule has 0 atom stereocenters. The Morgan fingerprint density at radius 3 is 2.04 bits per heavy atom. The molecule has 0 aliphatic rings. The maximum absolute atomic E-state index is 13.3. The molecule has 0 saturated carbocycles. The van der Waals surface area contributed by atoms with Gasteiger partial charge in [-0.1, -0.05) is 41.6 Å². The van der Waals surface area contributed by atoms with Crippen LogP contribution in [0, 0.1) is 27.7 Å². The van der Waals surface area contributed by atoms with Gasteiger partial charge in [-0.15, -0.1) is 0 Å². The van der Waals surface area contributed by atoms with Gasteiger partial charge in [0.1, 0.15) is 0 Å². The molecule has 0 saturated heterocycles. The molecular formula is C22H22ClNO2S2. The third-order valence-corrected chi connectivity index (χ3v) is 7.71. The number of rotatable bonds is 5. The Morgan fingerprint density at radius 1 is 0.857 bits per heavy atom. The van der Waals surface area contributed by atoms with E-state index in [1.165, 1.54) is 11.8 Å². The largest absolute Gasteiger partial charge is 0.278 e. The lowest BCUT2D eigenvalue weighted by molar-refractivity contribution is 0.599. The van der Waals surface area contributed by atoms with E-state index in [4.69, 9.17) is 11.6 Å². The third-order valence-electron chi connectivity index (χ3n) is 4.74. The van der Waals surface area contributed by atoms with Crippen LogP contribution in [-0.2, 0) is 10.0 Å². The van der Waals surface area contributed by atoms with Crippen LogP contribution >= 0.6 is 23.4 Å². The van der Waals surface area contributed by atoms with Crippen LogP contribution in [0.1, 0.15) is 22.3 Å². The summed E-state index contributed by atoms with van der Waals surface area (Å²) < 4.78 is 29.3. The minimum Gasteiger partial charge on any atom is -0.278 e. The molecule has 0 radical (unpaired) electrons. The maximum atomic E-state index is 13.3. The first-order chi connectivity index (χ1) is 13.2. The molecule has 0 fully saturated rings. The second-order valence-corrected chi connectivity index (χ2v) is 9.92. The van der Waals surface area contributed by atoms with Crippen molar-refractivity contribution < 1.29 is 8.42 Å². The number of sulfonamides is 1. The molecule has 1 N–H and O–H groups in total. The Kier molecular flexibility index (Phi) is 6.08. The van der Waals surface area contributed by atoms with Crippen LogP contribution in [-0.4, -0.2) is 8.42 Å². The van der Waals surface area contributed by atoms with Crippen molar-refractivity contribution in [3.05, 3.63) is 81.9 Å². The van der Waals surface area contributed by atoms with Crippen molar-refractivity contribution >= 4 is 39.1 Å². The summed E-state index contributed by atoms with van der Waals surface area (Å²) in [7, 11) is -3.73. The molecular weight excluding hydrogens is 410 g/mol. The fraction of sp³-hybridized carbons (Fsp3) is 0.182. The molecule has 3 aromatic rings. The summed E-state index contributed by atoms with van der Waals surface area (Å²) >= 11 is 7.44. The average Bonchev–Trinajstić information content (AvgIpc) is 2.63. The molecule has 0 aliphatic heterocycles. The number of aryl methyl sites for hydroxylation is 2. The van der Waals surface area contributed by atoms with E-state index < -0.39 is 10.0 Å². The number of benzene rings is 3. The van der Waals surface area contributed by atoms with Gasteiger partial charge in [-0.2, -0.15) is 0 Å². The summed E-state index contributed by atoms with van der Waals surface area (Å²) in [4.78, 5) is 2.17. The predicted octanol–water partition coefficient (Wildman–Crippen LogP) is 6.53. The minimum atomic E-state index is -3.73. The third kappa shape index (κ3) is 4.37. The van der Waals surface area contributed by atoms with Crippen molar-refractivity contribution in [1.82, 2.24) is 0 Å². The van der Waals surface area contributed by atoms with Gasteiger partial charge in [0, 0.05) is 14.8 Å². The number of hydrogen-bond acceptors (Lipinski definition) is 3. The molecule has 3 aromatic carbocycles. The Morgan fingerprint density at radius 2 is 1.43 bits per heavy atom. The fourth-order valence-electron chi connectivity index (χ4n) is 3.05. The molecule has 0 aliphatic carbocycles. The Balaban J connectivity index is 1.99. The number of halogens is 1. The van der Waals surface area contributed by atoms with Gasteiger partial charge in [-0.3, -0.25) is 4.72 Å². The van der Waals surface area contributed by atoms with Crippen molar-refractivity contribution in [1.29, 1.82) is 0 Å². The first-order valence-electron chi connectivity index (χ1n) is 8.81. The SMILES string of the molecule is Cc1cc(C)c(C)c(S(=O)(=O)Nc2ccccc2Sc2ccc(Cl)cc2)c1C. The van der Waals surface area contributed by atoms with Crippen LogP contribution in [0.25, 0.3) is 0 Å². The quantitative estimate of drug-likeness (QED) is 0.499. The van der Waals surface area contributed by atoms with Crippen LogP contribution in [0.5, 0.6) is 0 Å². The van der Waals surface area contributed by atoms with Gasteiger partial charge >= 0.3 is 0 Å². The summed E-state index contributed by atoms with van der Waals surface area (Å²) in [5.41, 5.74) is 4.04. The van der Waals surface area contributed by atoms with E-state index in [0.717, 1.165) is 32.0 Å². The summed E-state index contributed by atoms with van der Waals surface area (Å²) in [5, 5.41) is 0.666. The molecule has 146 valence electrons. The Hall–Kier alpha value is -1.95. The average molecular weight is 432 g/mol. The van der Waals surface area contributed by atoms with Gasteiger partial charge < -0.3 is 0 Å². The fourth-order valence-corrected chi connectivity index (χ4v) is 5.84. The zero-order valence-electron chi connectivity index (χ0n) is 16.2. The summed E-state index contributed by atoms with van der Waals surface area (Å²) in [6.45, 7) is 7.58. The van der Waals surface area contributed by atoms with Crippen molar-refractivity contribution in [2.75, 3.05) is 4.72 Å². The standard InChI is InChI=1S/C22H22ClNO2S2/c1-14-13-15(2)17(4)22(16(14)3)28(25,26)24-20-7-5-6-8-21(20)27-19-11-9-18(23)10-12-19/h5-13,24H,1-4H3. The second kappa shape index (κ2) is 8.19. The molecule has 0 heterocycles. The number of para-hydroxylation sites is 1. The highest BCUT2D eigenvalue weighted by atomic mass is 35.5. The van der Waals surface area contributed by atoms with Crippen molar-refractivity contribution in [2.24, 2.45) is 0 Å². The number of anilines is 1. The van der Waals surface area contributed by atoms with E-state index in [1.807, 2.05) is 76.2 Å². The van der Waals surface area contributed by atoms with Crippen LogP contribution in [0.2, 0.25) is 5.02 Å². The maximum Gasteiger partial charge on any atom is 0.262 e. The highest BCUT2D eigenvalue weighted by Gasteiger charge is 2.23. The summed E-state index contributed by atoms with van der Waals surface area (Å²) in [6.07, 6.45) is 0. The van der Waals surface area contributed by atoms with Gasteiger partial charge in [-0.25, -0.2) is 8.42 Å². The minimum absolute atomic E-state index is 0.358. The molecule has 6 heteroatoms. The molecule has 28 heavy (non-hydrogen) atoms. The molecule has 3 nitrogen and oxygen atoms in total. The lowest BCUT2D eigenvalue weighted by Crippen LogP contribution is -2.17. The van der Waals surface area contributed by atoms with Crippen LogP contribution in [0.4, 0.5) is 5.69 Å². The first-order valence-corrected chi connectivity index (χ1v) is 11.5. The van der Waals surface area contributed by atoms with E-state index in [0.29, 0.717) is 15.6 Å². The first kappa shape index (κ1) is 20.8. The molecule has 0 amide bonds. The van der Waals surface area contributed by atoms with Crippen molar-refractivity contribution in [2.45, 2.75) is 42.4 Å². The number of hydrogen-bond donors (Lipinski definition) is 1. The van der Waals surface area contributed by atoms with Gasteiger partial charge in [0.15, 0.2) is 0 Å². The van der Waals surface area contributed by atoms with E-state index in [-0.39, 0.29) is 0 Å². The molecule has 0 bridgehead atoms. The molecule has 0 aromatic heterocycles. The van der Waals surface area contributed by atoms with Crippen molar-refractivity contribution in [3.8, 4) is 0 Å². The van der Waals surface area contributed by atoms with Gasteiger partial charge in [0.05, 0.1) is 10.6 Å².